The molecule has 0 aromatic heterocycles. The molecule has 0 radical (unpaired) electrons. The summed E-state index contributed by atoms with van der Waals surface area (Å²) < 4.78 is 23.5. The molecule has 1 heterocycles. The molecular weight excluding hydrogens is 386 g/mol. The summed E-state index contributed by atoms with van der Waals surface area (Å²) in [4.78, 5) is 27.7. The first-order chi connectivity index (χ1) is 13.6. The molecule has 3 rings (SSSR count). The second-order valence-corrected chi connectivity index (χ2v) is 11.5. The van der Waals surface area contributed by atoms with Gasteiger partial charge in [0.15, 0.2) is 20.4 Å². The molecule has 0 N–H and O–H groups in total. The van der Waals surface area contributed by atoms with Crippen molar-refractivity contribution in [3.63, 3.8) is 0 Å². The molecule has 0 bridgehead atoms. The molecule has 1 aliphatic carbocycles. The summed E-state index contributed by atoms with van der Waals surface area (Å²) in [5, 5.41) is 0. The van der Waals surface area contributed by atoms with Crippen LogP contribution in [0.4, 0.5) is 0 Å². The Morgan fingerprint density at radius 1 is 1.07 bits per heavy atom. The van der Waals surface area contributed by atoms with Crippen molar-refractivity contribution < 1.29 is 18.0 Å². The van der Waals surface area contributed by atoms with E-state index < -0.39 is 14.6 Å². The summed E-state index contributed by atoms with van der Waals surface area (Å²) in [5.41, 5.74) is 1.96. The van der Waals surface area contributed by atoms with Crippen molar-refractivity contribution in [2.75, 3.05) is 19.3 Å². The number of Topliss-reactive ketones (excluding diaryl/α,β-unsaturated/α-hetero) is 1. The molecule has 2 aliphatic rings. The van der Waals surface area contributed by atoms with Crippen LogP contribution >= 0.6 is 0 Å². The van der Waals surface area contributed by atoms with Gasteiger partial charge >= 0.3 is 0 Å². The lowest BCUT2D eigenvalue weighted by Gasteiger charge is -2.37. The van der Waals surface area contributed by atoms with E-state index in [0.29, 0.717) is 44.7 Å². The molecule has 6 heteroatoms. The highest BCUT2D eigenvalue weighted by Crippen LogP contribution is 2.39. The van der Waals surface area contributed by atoms with E-state index in [9.17, 15) is 18.0 Å². The van der Waals surface area contributed by atoms with Gasteiger partial charge in [0.05, 0.1) is 0 Å². The summed E-state index contributed by atoms with van der Waals surface area (Å²) in [5.74, 6) is 0.356. The van der Waals surface area contributed by atoms with Gasteiger partial charge in [-0.05, 0) is 43.6 Å². The first-order valence-corrected chi connectivity index (χ1v) is 12.7. The molecule has 5 nitrogen and oxygen atoms in total. The Hall–Kier alpha value is -1.69. The summed E-state index contributed by atoms with van der Waals surface area (Å²) in [6.07, 6.45) is 5.78. The maximum absolute atomic E-state index is 13.1. The summed E-state index contributed by atoms with van der Waals surface area (Å²) >= 11 is 0. The third-order valence-corrected chi connectivity index (χ3v) is 8.55. The zero-order chi connectivity index (χ0) is 21.2. The SMILES string of the molecule is CC(C)Cc1ccc(C(=O)C2CCN(C(=O)C3(S(C)(=O)=O)CCCC3)CC2)cc1. The zero-order valence-electron chi connectivity index (χ0n) is 17.8. The van der Waals surface area contributed by atoms with Gasteiger partial charge in [-0.1, -0.05) is 51.0 Å². The lowest BCUT2D eigenvalue weighted by molar-refractivity contribution is -0.135. The highest BCUT2D eigenvalue weighted by Gasteiger charge is 2.52. The number of piperidine rings is 1. The lowest BCUT2D eigenvalue weighted by atomic mass is 9.87. The molecule has 0 unspecified atom stereocenters. The van der Waals surface area contributed by atoms with Gasteiger partial charge in [0, 0.05) is 30.8 Å². The molecule has 1 aliphatic heterocycles. The predicted molar refractivity (Wildman–Crippen MR) is 115 cm³/mol. The number of carbonyl (C=O) groups excluding carboxylic acids is 2. The second kappa shape index (κ2) is 8.58. The van der Waals surface area contributed by atoms with Gasteiger partial charge in [-0.25, -0.2) is 8.42 Å². The number of likely N-dealkylation sites (tertiary alicyclic amines) is 1. The van der Waals surface area contributed by atoms with Crippen LogP contribution in [0.5, 0.6) is 0 Å². The minimum absolute atomic E-state index is 0.104. The molecule has 1 saturated heterocycles. The van der Waals surface area contributed by atoms with Crippen LogP contribution in [-0.4, -0.2) is 49.1 Å². The van der Waals surface area contributed by atoms with Crippen molar-refractivity contribution in [3.8, 4) is 0 Å². The van der Waals surface area contributed by atoms with Crippen LogP contribution in [-0.2, 0) is 21.1 Å². The summed E-state index contributed by atoms with van der Waals surface area (Å²) in [7, 11) is -3.46. The number of sulfone groups is 1. The van der Waals surface area contributed by atoms with E-state index in [1.807, 2.05) is 24.3 Å². The molecule has 1 saturated carbocycles. The largest absolute Gasteiger partial charge is 0.341 e. The Labute approximate surface area is 174 Å². The molecular formula is C23H33NO4S. The van der Waals surface area contributed by atoms with Crippen molar-refractivity contribution in [1.82, 2.24) is 4.90 Å². The van der Waals surface area contributed by atoms with Gasteiger partial charge < -0.3 is 4.90 Å². The number of rotatable bonds is 6. The third-order valence-electron chi connectivity index (χ3n) is 6.55. The normalized spacial score (nSPS) is 20.2. The van der Waals surface area contributed by atoms with E-state index in [2.05, 4.69) is 13.8 Å². The van der Waals surface area contributed by atoms with Crippen LogP contribution in [0.25, 0.3) is 0 Å². The van der Waals surface area contributed by atoms with Crippen LogP contribution in [0.15, 0.2) is 24.3 Å². The van der Waals surface area contributed by atoms with Crippen LogP contribution < -0.4 is 0 Å². The summed E-state index contributed by atoms with van der Waals surface area (Å²) in [6, 6.07) is 7.88. The minimum Gasteiger partial charge on any atom is -0.341 e. The molecule has 1 aromatic carbocycles. The Morgan fingerprint density at radius 3 is 2.10 bits per heavy atom. The summed E-state index contributed by atoms with van der Waals surface area (Å²) in [6.45, 7) is 5.26. The topological polar surface area (TPSA) is 71.5 Å². The standard InChI is InChI=1S/C23H33NO4S/c1-17(2)16-18-6-8-19(9-7-18)21(25)20-10-14-24(15-11-20)22(26)23(29(3,27)28)12-4-5-13-23/h6-9,17,20H,4-5,10-16H2,1-3H3. The molecule has 1 amide bonds. The average Bonchev–Trinajstić information content (AvgIpc) is 3.18. The maximum atomic E-state index is 13.1. The van der Waals surface area contributed by atoms with Crippen molar-refractivity contribution >= 4 is 21.5 Å². The number of benzene rings is 1. The zero-order valence-corrected chi connectivity index (χ0v) is 18.6. The van der Waals surface area contributed by atoms with Gasteiger partial charge in [-0.3, -0.25) is 9.59 Å². The first kappa shape index (κ1) is 22.0. The number of amides is 1. The van der Waals surface area contributed by atoms with E-state index in [1.165, 1.54) is 11.8 Å². The van der Waals surface area contributed by atoms with Crippen LogP contribution in [0.2, 0.25) is 0 Å². The van der Waals surface area contributed by atoms with E-state index in [-0.39, 0.29) is 17.6 Å². The number of ketones is 1. The fourth-order valence-electron chi connectivity index (χ4n) is 4.83. The quantitative estimate of drug-likeness (QED) is 0.660. The molecule has 0 spiro atoms. The van der Waals surface area contributed by atoms with E-state index >= 15 is 0 Å². The van der Waals surface area contributed by atoms with Crippen molar-refractivity contribution in [2.45, 2.75) is 63.5 Å². The Kier molecular flexibility index (Phi) is 6.51. The molecule has 29 heavy (non-hydrogen) atoms. The number of carbonyl (C=O) groups is 2. The van der Waals surface area contributed by atoms with Crippen LogP contribution in [0.3, 0.4) is 0 Å². The van der Waals surface area contributed by atoms with Gasteiger partial charge in [-0.2, -0.15) is 0 Å². The molecule has 0 atom stereocenters. The monoisotopic (exact) mass is 419 g/mol. The Morgan fingerprint density at radius 2 is 1.62 bits per heavy atom. The highest BCUT2D eigenvalue weighted by molar-refractivity contribution is 7.92. The molecule has 160 valence electrons. The van der Waals surface area contributed by atoms with Crippen molar-refractivity contribution in [1.29, 1.82) is 0 Å². The Bertz CT molecular complexity index is 843. The van der Waals surface area contributed by atoms with E-state index in [1.54, 1.807) is 4.90 Å². The average molecular weight is 420 g/mol. The van der Waals surface area contributed by atoms with Crippen molar-refractivity contribution in [2.24, 2.45) is 11.8 Å². The second-order valence-electron chi connectivity index (χ2n) is 9.20. The molecule has 2 fully saturated rings. The third kappa shape index (κ3) is 4.57. The number of nitrogens with zero attached hydrogens (tertiary/aromatic N) is 1. The van der Waals surface area contributed by atoms with E-state index in [0.717, 1.165) is 24.8 Å². The lowest BCUT2D eigenvalue weighted by Crippen LogP contribution is -2.54. The van der Waals surface area contributed by atoms with Gasteiger partial charge in [0.1, 0.15) is 0 Å². The van der Waals surface area contributed by atoms with Crippen LogP contribution in [0.1, 0.15) is 68.3 Å². The van der Waals surface area contributed by atoms with Gasteiger partial charge in [0.2, 0.25) is 5.91 Å². The highest BCUT2D eigenvalue weighted by atomic mass is 32.2. The van der Waals surface area contributed by atoms with Gasteiger partial charge in [0.25, 0.3) is 0 Å². The smallest absolute Gasteiger partial charge is 0.244 e. The molecule has 1 aromatic rings. The maximum Gasteiger partial charge on any atom is 0.244 e. The predicted octanol–water partition coefficient (Wildman–Crippen LogP) is 3.66. The fraction of sp³-hybridized carbons (Fsp3) is 0.652. The van der Waals surface area contributed by atoms with Crippen molar-refractivity contribution in [3.05, 3.63) is 35.4 Å². The van der Waals surface area contributed by atoms with Gasteiger partial charge in [-0.15, -0.1) is 0 Å². The first-order valence-electron chi connectivity index (χ1n) is 10.8. The number of hydrogen-bond donors (Lipinski definition) is 0. The number of hydrogen-bond acceptors (Lipinski definition) is 4. The van der Waals surface area contributed by atoms with Crippen LogP contribution in [0, 0.1) is 11.8 Å². The fourth-order valence-corrected chi connectivity index (χ4v) is 6.31. The minimum atomic E-state index is -3.46. The van der Waals surface area contributed by atoms with E-state index in [4.69, 9.17) is 0 Å². The Balaban J connectivity index is 1.63.